The molecule has 0 bridgehead atoms. The van der Waals surface area contributed by atoms with Crippen molar-refractivity contribution in [3.05, 3.63) is 66.5 Å². The van der Waals surface area contributed by atoms with Crippen molar-refractivity contribution in [1.29, 1.82) is 0 Å². The van der Waals surface area contributed by atoms with Crippen LogP contribution in [0.4, 0.5) is 0 Å². The van der Waals surface area contributed by atoms with Gasteiger partial charge in [0.15, 0.2) is 0 Å². The van der Waals surface area contributed by atoms with Crippen molar-refractivity contribution >= 4 is 6.41 Å². The lowest BCUT2D eigenvalue weighted by molar-refractivity contribution is -0.117. The summed E-state index contributed by atoms with van der Waals surface area (Å²) in [6.07, 6.45) is 17.5. The van der Waals surface area contributed by atoms with Crippen molar-refractivity contribution in [3.63, 3.8) is 0 Å². The molecule has 1 rings (SSSR count). The molecule has 136 valence electrons. The van der Waals surface area contributed by atoms with Crippen LogP contribution in [0.2, 0.25) is 0 Å². The fourth-order valence-corrected chi connectivity index (χ4v) is 2.87. The second-order valence-electron chi connectivity index (χ2n) is 6.20. The van der Waals surface area contributed by atoms with Crippen LogP contribution in [0.15, 0.2) is 66.5 Å². The Hall–Kier alpha value is -2.45. The highest BCUT2D eigenvalue weighted by atomic mass is 16.1. The molecule has 4 nitrogen and oxygen atoms in total. The zero-order chi connectivity index (χ0) is 18.7. The molecule has 0 saturated heterocycles. The van der Waals surface area contributed by atoms with Gasteiger partial charge in [0, 0.05) is 31.2 Å². The number of nitrogens with zero attached hydrogens (tertiary/aromatic N) is 2. The van der Waals surface area contributed by atoms with E-state index in [0.29, 0.717) is 6.54 Å². The van der Waals surface area contributed by atoms with Crippen LogP contribution in [-0.2, 0) is 4.79 Å². The predicted octanol–water partition coefficient (Wildman–Crippen LogP) is 4.08. The molecule has 1 atom stereocenters. The smallest absolute Gasteiger partial charge is 0.209 e. The second kappa shape index (κ2) is 10.4. The van der Waals surface area contributed by atoms with Crippen molar-refractivity contribution in [2.24, 2.45) is 0 Å². The number of carbonyl (C=O) groups excluding carboxylic acids is 1. The molecule has 0 aliphatic carbocycles. The molecule has 0 spiro atoms. The summed E-state index contributed by atoms with van der Waals surface area (Å²) in [7, 11) is 1.81. The van der Waals surface area contributed by atoms with Crippen LogP contribution in [0.25, 0.3) is 0 Å². The highest BCUT2D eigenvalue weighted by molar-refractivity contribution is 5.46. The summed E-state index contributed by atoms with van der Waals surface area (Å²) < 4.78 is 0. The van der Waals surface area contributed by atoms with E-state index in [1.807, 2.05) is 32.3 Å². The van der Waals surface area contributed by atoms with Gasteiger partial charge in [-0.2, -0.15) is 0 Å². The summed E-state index contributed by atoms with van der Waals surface area (Å²) in [6.45, 7) is 10.8. The van der Waals surface area contributed by atoms with Crippen LogP contribution in [0, 0.1) is 0 Å². The molecule has 1 aliphatic rings. The van der Waals surface area contributed by atoms with E-state index in [1.165, 1.54) is 0 Å². The van der Waals surface area contributed by atoms with Gasteiger partial charge in [0.05, 0.1) is 11.7 Å². The Labute approximate surface area is 152 Å². The van der Waals surface area contributed by atoms with Gasteiger partial charge in [-0.25, -0.2) is 0 Å². The average Bonchev–Trinajstić information content (AvgIpc) is 2.63. The molecule has 0 aromatic rings. The maximum absolute atomic E-state index is 11.0. The molecule has 0 fully saturated rings. The van der Waals surface area contributed by atoms with Gasteiger partial charge in [0.1, 0.15) is 0 Å². The first-order chi connectivity index (χ1) is 12.0. The lowest BCUT2D eigenvalue weighted by Crippen LogP contribution is -2.50. The number of allylic oxidation sites excluding steroid dienone is 6. The van der Waals surface area contributed by atoms with Crippen LogP contribution < -0.4 is 5.32 Å². The van der Waals surface area contributed by atoms with Crippen LogP contribution >= 0.6 is 0 Å². The minimum atomic E-state index is -0.298. The van der Waals surface area contributed by atoms with Crippen molar-refractivity contribution in [2.45, 2.75) is 45.6 Å². The third-order valence-corrected chi connectivity index (χ3v) is 4.30. The number of hydrogen-bond donors (Lipinski definition) is 1. The summed E-state index contributed by atoms with van der Waals surface area (Å²) in [5, 5.41) is 3.67. The van der Waals surface area contributed by atoms with E-state index in [9.17, 15) is 4.79 Å². The van der Waals surface area contributed by atoms with E-state index >= 15 is 0 Å². The molecular formula is C21H31N3O. The summed E-state index contributed by atoms with van der Waals surface area (Å²) >= 11 is 0. The van der Waals surface area contributed by atoms with Gasteiger partial charge in [0.25, 0.3) is 0 Å². The molecule has 1 N–H and O–H groups in total. The van der Waals surface area contributed by atoms with Crippen LogP contribution in [0.3, 0.4) is 0 Å². The van der Waals surface area contributed by atoms with E-state index in [0.717, 1.165) is 37.1 Å². The summed E-state index contributed by atoms with van der Waals surface area (Å²) in [5.41, 5.74) is 5.04. The SMILES string of the molecule is C=C/C=C(\C)NC(CC)(CCN(C)C=O)C1=CC=C=CN1/C=C/CC. The molecule has 0 saturated carbocycles. The van der Waals surface area contributed by atoms with Crippen LogP contribution in [0.5, 0.6) is 0 Å². The second-order valence-corrected chi connectivity index (χ2v) is 6.20. The van der Waals surface area contributed by atoms with Crippen molar-refractivity contribution < 1.29 is 4.79 Å². The van der Waals surface area contributed by atoms with Gasteiger partial charge in [-0.3, -0.25) is 4.79 Å². The summed E-state index contributed by atoms with van der Waals surface area (Å²) in [4.78, 5) is 14.8. The number of rotatable bonds is 11. The highest BCUT2D eigenvalue weighted by Gasteiger charge is 2.35. The molecule has 0 radical (unpaired) electrons. The monoisotopic (exact) mass is 341 g/mol. The van der Waals surface area contributed by atoms with E-state index in [1.54, 1.807) is 11.0 Å². The van der Waals surface area contributed by atoms with Gasteiger partial charge in [-0.05, 0) is 44.4 Å². The third kappa shape index (κ3) is 5.84. The van der Waals surface area contributed by atoms with Crippen molar-refractivity contribution in [3.8, 4) is 0 Å². The molecule has 1 aliphatic heterocycles. The molecule has 4 heteroatoms. The third-order valence-electron chi connectivity index (χ3n) is 4.30. The normalized spacial score (nSPS) is 16.6. The van der Waals surface area contributed by atoms with E-state index in [-0.39, 0.29) is 5.54 Å². The largest absolute Gasteiger partial charge is 0.378 e. The first-order valence-corrected chi connectivity index (χ1v) is 8.84. The molecule has 1 amide bonds. The number of amides is 1. The highest BCUT2D eigenvalue weighted by Crippen LogP contribution is 2.31. The van der Waals surface area contributed by atoms with E-state index < -0.39 is 0 Å². The van der Waals surface area contributed by atoms with Gasteiger partial charge >= 0.3 is 0 Å². The Morgan fingerprint density at radius 3 is 2.84 bits per heavy atom. The molecule has 1 unspecified atom stereocenters. The fourth-order valence-electron chi connectivity index (χ4n) is 2.87. The van der Waals surface area contributed by atoms with Crippen LogP contribution in [-0.4, -0.2) is 35.3 Å². The number of hydrogen-bond acceptors (Lipinski definition) is 3. The minimum absolute atomic E-state index is 0.298. The maximum atomic E-state index is 11.0. The van der Waals surface area contributed by atoms with Crippen molar-refractivity contribution in [1.82, 2.24) is 15.1 Å². The van der Waals surface area contributed by atoms with E-state index in [4.69, 9.17) is 0 Å². The Morgan fingerprint density at radius 2 is 2.24 bits per heavy atom. The quantitative estimate of drug-likeness (QED) is 0.349. The zero-order valence-electron chi connectivity index (χ0n) is 16.0. The summed E-state index contributed by atoms with van der Waals surface area (Å²) in [6, 6.07) is 0. The number of nitrogens with one attached hydrogen (secondary N) is 1. The Balaban J connectivity index is 3.26. The lowest BCUT2D eigenvalue weighted by Gasteiger charge is -2.42. The van der Waals surface area contributed by atoms with Gasteiger partial charge in [0.2, 0.25) is 6.41 Å². The molecule has 25 heavy (non-hydrogen) atoms. The standard InChI is InChI=1S/C21H31N3O/c1-6-9-15-24-16-11-10-13-20(24)21(8-3,14-17-23(5)18-25)22-19(4)12-7-2/h7,9-10,12-13,15-16,18,22H,2,6,8,14,17H2,1,3-5H3/b15-9+,19-12+. The Kier molecular flexibility index (Phi) is 8.59. The lowest BCUT2D eigenvalue weighted by atomic mass is 9.85. The molecule has 0 aromatic heterocycles. The first-order valence-electron chi connectivity index (χ1n) is 8.84. The fraction of sp³-hybridized carbons (Fsp3) is 0.429. The molecule has 0 aromatic carbocycles. The minimum Gasteiger partial charge on any atom is -0.378 e. The Bertz CT molecular complexity index is 609. The van der Waals surface area contributed by atoms with Gasteiger partial charge in [-0.1, -0.05) is 32.6 Å². The average molecular weight is 341 g/mol. The Morgan fingerprint density at radius 1 is 1.48 bits per heavy atom. The van der Waals surface area contributed by atoms with E-state index in [2.05, 4.69) is 54.7 Å². The molecule has 1 heterocycles. The predicted molar refractivity (Wildman–Crippen MR) is 105 cm³/mol. The number of carbonyl (C=O) groups is 1. The van der Waals surface area contributed by atoms with Crippen LogP contribution in [0.1, 0.15) is 40.0 Å². The summed E-state index contributed by atoms with van der Waals surface area (Å²) in [5.74, 6) is 0. The first kappa shape index (κ1) is 20.6. The maximum Gasteiger partial charge on any atom is 0.209 e. The molecular weight excluding hydrogens is 310 g/mol. The topological polar surface area (TPSA) is 35.6 Å². The van der Waals surface area contributed by atoms with Gasteiger partial charge < -0.3 is 15.1 Å². The zero-order valence-corrected chi connectivity index (χ0v) is 16.0. The van der Waals surface area contributed by atoms with Crippen molar-refractivity contribution in [2.75, 3.05) is 13.6 Å². The van der Waals surface area contributed by atoms with Gasteiger partial charge in [-0.15, -0.1) is 5.73 Å².